The second kappa shape index (κ2) is 7.37. The van der Waals surface area contributed by atoms with Gasteiger partial charge < -0.3 is 15.1 Å². The molecule has 1 amide bonds. The molecule has 0 bridgehead atoms. The first-order valence-electron chi connectivity index (χ1n) is 6.15. The number of rotatable bonds is 7. The van der Waals surface area contributed by atoms with Crippen LogP contribution in [0.2, 0.25) is 0 Å². The third kappa shape index (κ3) is 5.28. The maximum Gasteiger partial charge on any atom is 0.254 e. The molecule has 0 saturated heterocycles. The van der Waals surface area contributed by atoms with Gasteiger partial charge in [-0.1, -0.05) is 12.1 Å². The number of carbonyl (C=O) groups is 1. The molecular formula is C13H19NO5S. The topological polar surface area (TPSA) is 94.9 Å². The summed E-state index contributed by atoms with van der Waals surface area (Å²) in [5.41, 5.74) is 1.00. The van der Waals surface area contributed by atoms with Crippen molar-refractivity contribution in [1.29, 1.82) is 0 Å². The molecule has 0 aliphatic carbocycles. The maximum absolute atomic E-state index is 12.1. The fraction of sp³-hybridized carbons (Fsp3) is 0.462. The molecule has 2 N–H and O–H groups in total. The van der Waals surface area contributed by atoms with Gasteiger partial charge in [0.2, 0.25) is 0 Å². The number of hydrogen-bond donors (Lipinski definition) is 2. The average Bonchev–Trinajstić information content (AvgIpc) is 2.37. The first-order valence-corrected chi connectivity index (χ1v) is 8.21. The molecule has 112 valence electrons. The molecule has 0 saturated carbocycles. The molecule has 1 aromatic carbocycles. The van der Waals surface area contributed by atoms with Gasteiger partial charge in [-0.15, -0.1) is 0 Å². The lowest BCUT2D eigenvalue weighted by atomic mass is 10.1. The molecule has 6 nitrogen and oxygen atoms in total. The number of nitrogens with zero attached hydrogens (tertiary/aromatic N) is 1. The second-order valence-electron chi connectivity index (χ2n) is 4.51. The van der Waals surface area contributed by atoms with Crippen LogP contribution in [0, 0.1) is 0 Å². The number of benzene rings is 1. The van der Waals surface area contributed by atoms with Crippen LogP contribution in [0.25, 0.3) is 0 Å². The van der Waals surface area contributed by atoms with Crippen molar-refractivity contribution >= 4 is 15.7 Å². The lowest BCUT2D eigenvalue weighted by Crippen LogP contribution is -2.35. The van der Waals surface area contributed by atoms with Gasteiger partial charge >= 0.3 is 0 Å². The minimum Gasteiger partial charge on any atom is -0.395 e. The third-order valence-electron chi connectivity index (χ3n) is 2.66. The molecule has 0 fully saturated rings. The van der Waals surface area contributed by atoms with Gasteiger partial charge in [0.1, 0.15) is 0 Å². The molecule has 1 rings (SSSR count). The first-order chi connectivity index (χ1) is 9.37. The Morgan fingerprint density at radius 3 is 2.00 bits per heavy atom. The fourth-order valence-corrected chi connectivity index (χ4v) is 2.58. The zero-order valence-electron chi connectivity index (χ0n) is 11.3. The highest BCUT2D eigenvalue weighted by molar-refractivity contribution is 7.89. The van der Waals surface area contributed by atoms with Crippen molar-refractivity contribution < 1.29 is 23.4 Å². The molecule has 0 heterocycles. The van der Waals surface area contributed by atoms with Crippen molar-refractivity contribution in [3.8, 4) is 0 Å². The number of aliphatic hydroxyl groups excluding tert-OH is 2. The second-order valence-corrected chi connectivity index (χ2v) is 6.65. The smallest absolute Gasteiger partial charge is 0.254 e. The van der Waals surface area contributed by atoms with Crippen molar-refractivity contribution in [2.75, 3.05) is 32.6 Å². The molecule has 20 heavy (non-hydrogen) atoms. The average molecular weight is 301 g/mol. The molecule has 0 aliphatic heterocycles. The van der Waals surface area contributed by atoms with Crippen molar-refractivity contribution in [3.63, 3.8) is 0 Å². The van der Waals surface area contributed by atoms with Gasteiger partial charge in [-0.05, 0) is 17.7 Å². The standard InChI is InChI=1S/C13H19NO5S/c1-20(18,19)10-11-2-4-12(5-3-11)13(17)14(6-8-15)7-9-16/h2-5,15-16H,6-10H2,1H3. The molecule has 1 aromatic rings. The summed E-state index contributed by atoms with van der Waals surface area (Å²) in [7, 11) is -3.11. The summed E-state index contributed by atoms with van der Waals surface area (Å²) in [5.74, 6) is -0.377. The zero-order chi connectivity index (χ0) is 15.2. The van der Waals surface area contributed by atoms with Crippen LogP contribution in [0.15, 0.2) is 24.3 Å². The Labute approximate surface area is 118 Å². The van der Waals surface area contributed by atoms with E-state index in [0.29, 0.717) is 11.1 Å². The van der Waals surface area contributed by atoms with Gasteiger partial charge in [-0.2, -0.15) is 0 Å². The van der Waals surface area contributed by atoms with Crippen molar-refractivity contribution in [2.45, 2.75) is 5.75 Å². The molecule has 0 aliphatic rings. The number of carbonyl (C=O) groups excluding carboxylic acids is 1. The van der Waals surface area contributed by atoms with Crippen molar-refractivity contribution in [2.24, 2.45) is 0 Å². The highest BCUT2D eigenvalue weighted by Crippen LogP contribution is 2.10. The summed E-state index contributed by atoms with van der Waals surface area (Å²) in [4.78, 5) is 13.4. The minimum atomic E-state index is -3.11. The van der Waals surface area contributed by atoms with Gasteiger partial charge in [-0.3, -0.25) is 4.79 Å². The van der Waals surface area contributed by atoms with E-state index in [4.69, 9.17) is 10.2 Å². The van der Waals surface area contributed by atoms with Crippen LogP contribution in [0.3, 0.4) is 0 Å². The normalized spacial score (nSPS) is 11.3. The Morgan fingerprint density at radius 2 is 1.60 bits per heavy atom. The molecule has 0 radical (unpaired) electrons. The molecule has 7 heteroatoms. The van der Waals surface area contributed by atoms with Crippen LogP contribution in [0.5, 0.6) is 0 Å². The molecule has 0 aromatic heterocycles. The summed E-state index contributed by atoms with van der Waals surface area (Å²) < 4.78 is 22.3. The Balaban J connectivity index is 2.83. The van der Waals surface area contributed by atoms with Crippen LogP contribution in [0.1, 0.15) is 15.9 Å². The summed E-state index contributed by atoms with van der Waals surface area (Å²) in [6, 6.07) is 6.27. The van der Waals surface area contributed by atoms with E-state index in [2.05, 4.69) is 0 Å². The molecule has 0 atom stereocenters. The highest BCUT2D eigenvalue weighted by Gasteiger charge is 2.15. The van der Waals surface area contributed by atoms with Gasteiger partial charge in [0.25, 0.3) is 5.91 Å². The van der Waals surface area contributed by atoms with E-state index in [0.717, 1.165) is 6.26 Å². The van der Waals surface area contributed by atoms with E-state index in [1.165, 1.54) is 4.90 Å². The van der Waals surface area contributed by atoms with E-state index in [9.17, 15) is 13.2 Å². The van der Waals surface area contributed by atoms with Crippen molar-refractivity contribution in [3.05, 3.63) is 35.4 Å². The van der Waals surface area contributed by atoms with Crippen molar-refractivity contribution in [1.82, 2.24) is 4.90 Å². The molecular weight excluding hydrogens is 282 g/mol. The van der Waals surface area contributed by atoms with E-state index < -0.39 is 9.84 Å². The van der Waals surface area contributed by atoms with E-state index in [1.807, 2.05) is 0 Å². The van der Waals surface area contributed by atoms with Gasteiger partial charge in [0.15, 0.2) is 9.84 Å². The molecule has 0 unspecified atom stereocenters. The summed E-state index contributed by atoms with van der Waals surface area (Å²) in [6.45, 7) is -0.0786. The third-order valence-corrected chi connectivity index (χ3v) is 3.51. The van der Waals surface area contributed by atoms with Gasteiger partial charge in [0, 0.05) is 24.9 Å². The largest absolute Gasteiger partial charge is 0.395 e. The monoisotopic (exact) mass is 301 g/mol. The zero-order valence-corrected chi connectivity index (χ0v) is 12.1. The van der Waals surface area contributed by atoms with E-state index >= 15 is 0 Å². The number of hydrogen-bond acceptors (Lipinski definition) is 5. The quantitative estimate of drug-likeness (QED) is 0.718. The predicted octanol–water partition coefficient (Wildman–Crippen LogP) is -0.342. The van der Waals surface area contributed by atoms with Crippen LogP contribution in [0.4, 0.5) is 0 Å². The van der Waals surface area contributed by atoms with Crippen LogP contribution in [-0.2, 0) is 15.6 Å². The van der Waals surface area contributed by atoms with Crippen LogP contribution in [-0.4, -0.2) is 62.0 Å². The van der Waals surface area contributed by atoms with E-state index in [-0.39, 0.29) is 38.0 Å². The van der Waals surface area contributed by atoms with Gasteiger partial charge in [0.05, 0.1) is 19.0 Å². The Morgan fingerprint density at radius 1 is 1.10 bits per heavy atom. The predicted molar refractivity (Wildman–Crippen MR) is 75.1 cm³/mol. The Kier molecular flexibility index (Phi) is 6.12. The minimum absolute atomic E-state index is 0.0710. The molecule has 0 spiro atoms. The number of aliphatic hydroxyl groups is 2. The lowest BCUT2D eigenvalue weighted by molar-refractivity contribution is 0.0685. The van der Waals surface area contributed by atoms with E-state index in [1.54, 1.807) is 24.3 Å². The Hall–Kier alpha value is -1.44. The Bertz CT molecular complexity index is 532. The van der Waals surface area contributed by atoms with Crippen LogP contribution >= 0.6 is 0 Å². The van der Waals surface area contributed by atoms with Crippen LogP contribution < -0.4 is 0 Å². The number of sulfone groups is 1. The fourth-order valence-electron chi connectivity index (χ4n) is 1.79. The summed E-state index contributed by atoms with van der Waals surface area (Å²) in [6.07, 6.45) is 1.15. The SMILES string of the molecule is CS(=O)(=O)Cc1ccc(C(=O)N(CCO)CCO)cc1. The maximum atomic E-state index is 12.1. The highest BCUT2D eigenvalue weighted by atomic mass is 32.2. The van der Waals surface area contributed by atoms with Gasteiger partial charge in [-0.25, -0.2) is 8.42 Å². The summed E-state index contributed by atoms with van der Waals surface area (Å²) in [5, 5.41) is 17.8. The first kappa shape index (κ1) is 16.6. The lowest BCUT2D eigenvalue weighted by Gasteiger charge is -2.20. The summed E-state index contributed by atoms with van der Waals surface area (Å²) >= 11 is 0. The number of amides is 1.